The fourth-order valence-corrected chi connectivity index (χ4v) is 11.5. The lowest BCUT2D eigenvalue weighted by Gasteiger charge is -2.20. The van der Waals surface area contributed by atoms with Gasteiger partial charge in [0, 0.05) is 6.42 Å². The summed E-state index contributed by atoms with van der Waals surface area (Å²) in [6.07, 6.45) is 111. The van der Waals surface area contributed by atoms with E-state index >= 15 is 0 Å². The van der Waals surface area contributed by atoms with E-state index in [1.807, 2.05) is 6.08 Å². The van der Waals surface area contributed by atoms with Crippen LogP contribution in [0.2, 0.25) is 0 Å². The molecule has 488 valence electrons. The van der Waals surface area contributed by atoms with Crippen LogP contribution in [0.4, 0.5) is 0 Å². The van der Waals surface area contributed by atoms with Crippen molar-refractivity contribution in [1.29, 1.82) is 0 Å². The van der Waals surface area contributed by atoms with Crippen molar-refractivity contribution in [1.82, 2.24) is 5.32 Å². The number of aliphatic hydroxyl groups excluding tert-OH is 2. The maximum atomic E-state index is 12.6. The Bertz CT molecular complexity index is 1520. The van der Waals surface area contributed by atoms with Gasteiger partial charge >= 0.3 is 0 Å². The maximum absolute atomic E-state index is 12.6. The topological polar surface area (TPSA) is 69.6 Å². The van der Waals surface area contributed by atoms with Crippen LogP contribution in [-0.2, 0) is 4.79 Å². The van der Waals surface area contributed by atoms with Crippen LogP contribution in [0.15, 0.2) is 97.2 Å². The highest BCUT2D eigenvalue weighted by Gasteiger charge is 2.18. The van der Waals surface area contributed by atoms with Gasteiger partial charge in [-0.15, -0.1) is 0 Å². The Kier molecular flexibility index (Phi) is 72.2. The number of nitrogens with one attached hydrogen (secondary N) is 1. The normalized spacial score (nSPS) is 13.2. The van der Waals surface area contributed by atoms with Gasteiger partial charge in [-0.25, -0.2) is 0 Å². The molecule has 0 radical (unpaired) electrons. The number of allylic oxidation sites excluding steroid dienone is 15. The SMILES string of the molecule is CC/C=C\C/C=C\C/C=C\C/C=C\C/C=C\C/C=C\C/C=C\CCCCCCCCCCCCCCCCCCCC(=O)NC(CO)C(O)/C=C/CCCCCCCCCCCCCCCCCCCCCCCCCCCCCCCCC. The minimum atomic E-state index is -0.845. The molecule has 2 atom stereocenters. The third-order valence-electron chi connectivity index (χ3n) is 17.1. The first-order chi connectivity index (χ1) is 41.7. The zero-order valence-corrected chi connectivity index (χ0v) is 56.4. The van der Waals surface area contributed by atoms with Crippen LogP contribution in [0.5, 0.6) is 0 Å². The summed E-state index contributed by atoms with van der Waals surface area (Å²) in [4.78, 5) is 12.6. The minimum absolute atomic E-state index is 0.0602. The Morgan fingerprint density at radius 1 is 0.298 bits per heavy atom. The van der Waals surface area contributed by atoms with Crippen molar-refractivity contribution < 1.29 is 15.0 Å². The van der Waals surface area contributed by atoms with Gasteiger partial charge in [0.1, 0.15) is 0 Å². The molecule has 0 aliphatic carbocycles. The van der Waals surface area contributed by atoms with Gasteiger partial charge in [-0.05, 0) is 77.0 Å². The Morgan fingerprint density at radius 2 is 0.524 bits per heavy atom. The van der Waals surface area contributed by atoms with Crippen LogP contribution >= 0.6 is 0 Å². The number of carbonyl (C=O) groups excluding carboxylic acids is 1. The van der Waals surface area contributed by atoms with Crippen LogP contribution in [0.1, 0.15) is 386 Å². The van der Waals surface area contributed by atoms with E-state index in [0.717, 1.165) is 70.6 Å². The number of rotatable bonds is 69. The van der Waals surface area contributed by atoms with Gasteiger partial charge in [-0.3, -0.25) is 4.79 Å². The van der Waals surface area contributed by atoms with Crippen molar-refractivity contribution >= 4 is 5.91 Å². The Balaban J connectivity index is 3.46. The van der Waals surface area contributed by atoms with Crippen LogP contribution in [0.3, 0.4) is 0 Å². The summed E-state index contributed by atoms with van der Waals surface area (Å²) >= 11 is 0. The third kappa shape index (κ3) is 70.1. The zero-order valence-electron chi connectivity index (χ0n) is 56.4. The molecule has 0 aliphatic rings. The molecular formula is C80H145NO3. The Morgan fingerprint density at radius 3 is 0.786 bits per heavy atom. The number of hydrogen-bond acceptors (Lipinski definition) is 3. The molecule has 2 unspecified atom stereocenters. The van der Waals surface area contributed by atoms with E-state index in [0.29, 0.717) is 6.42 Å². The molecule has 0 saturated heterocycles. The molecule has 0 fully saturated rings. The van der Waals surface area contributed by atoms with Crippen LogP contribution in [0.25, 0.3) is 0 Å². The number of aliphatic hydroxyl groups is 2. The largest absolute Gasteiger partial charge is 0.394 e. The first-order valence-corrected chi connectivity index (χ1v) is 37.5. The molecule has 3 N–H and O–H groups in total. The summed E-state index contributed by atoms with van der Waals surface area (Å²) in [6, 6.07) is -0.628. The van der Waals surface area contributed by atoms with Gasteiger partial charge in [0.25, 0.3) is 0 Å². The predicted molar refractivity (Wildman–Crippen MR) is 377 cm³/mol. The lowest BCUT2D eigenvalue weighted by atomic mass is 10.0. The summed E-state index contributed by atoms with van der Waals surface area (Å²) in [6.45, 7) is 4.23. The predicted octanol–water partition coefficient (Wildman–Crippen LogP) is 25.9. The van der Waals surface area contributed by atoms with E-state index in [9.17, 15) is 15.0 Å². The summed E-state index contributed by atoms with van der Waals surface area (Å²) in [5.74, 6) is -0.0602. The second-order valence-electron chi connectivity index (χ2n) is 25.3. The zero-order chi connectivity index (χ0) is 60.5. The molecule has 0 heterocycles. The van der Waals surface area contributed by atoms with E-state index in [1.165, 1.54) is 295 Å². The molecule has 0 bridgehead atoms. The summed E-state index contributed by atoms with van der Waals surface area (Å²) in [7, 11) is 0. The molecule has 0 aliphatic heterocycles. The fraction of sp³-hybridized carbons (Fsp3) is 0.787. The van der Waals surface area contributed by atoms with Gasteiger partial charge in [0.2, 0.25) is 5.91 Å². The summed E-state index contributed by atoms with van der Waals surface area (Å²) in [5, 5.41) is 23.3. The molecule has 4 heteroatoms. The van der Waals surface area contributed by atoms with Gasteiger partial charge in [-0.1, -0.05) is 400 Å². The standard InChI is InChI=1S/C80H145NO3/c1-3-5-7-9-11-13-15-17-19-21-23-25-27-29-31-33-35-37-38-39-40-41-42-44-46-48-50-52-54-56-58-60-62-64-66-68-70-72-74-76-80(84)81-78(77-82)79(83)75-73-71-69-67-65-63-61-59-57-55-53-51-49-47-45-43-36-34-32-30-28-26-24-22-20-18-16-14-12-10-8-6-4-2/h5,7,11,13,17,19,23,25,29,31,35,37,39-40,73,75,78-79,82-83H,3-4,6,8-10,12,14-16,18,20-22,24,26-28,30,32-34,36,38,41-72,74,76-77H2,1-2H3,(H,81,84)/b7-5-,13-11-,19-17-,25-23-,31-29-,37-35-,40-39-,75-73+. The van der Waals surface area contributed by atoms with Crippen LogP contribution in [-0.4, -0.2) is 34.9 Å². The average molecular weight is 1170 g/mol. The molecule has 0 spiro atoms. The second-order valence-corrected chi connectivity index (χ2v) is 25.3. The van der Waals surface area contributed by atoms with Crippen molar-refractivity contribution in [3.05, 3.63) is 97.2 Å². The smallest absolute Gasteiger partial charge is 0.220 e. The van der Waals surface area contributed by atoms with Crippen molar-refractivity contribution in [2.24, 2.45) is 0 Å². The molecule has 0 rings (SSSR count). The van der Waals surface area contributed by atoms with E-state index < -0.39 is 12.1 Å². The third-order valence-corrected chi connectivity index (χ3v) is 17.1. The summed E-state index contributed by atoms with van der Waals surface area (Å²) in [5.41, 5.74) is 0. The maximum Gasteiger partial charge on any atom is 0.220 e. The minimum Gasteiger partial charge on any atom is -0.394 e. The number of hydrogen-bond donors (Lipinski definition) is 3. The molecule has 0 aromatic rings. The second kappa shape index (κ2) is 74.6. The summed E-state index contributed by atoms with van der Waals surface area (Å²) < 4.78 is 0. The van der Waals surface area contributed by atoms with Crippen LogP contribution in [0, 0.1) is 0 Å². The quantitative estimate of drug-likeness (QED) is 0.0420. The Labute approximate surface area is 525 Å². The monoisotopic (exact) mass is 1170 g/mol. The van der Waals surface area contributed by atoms with Crippen LogP contribution < -0.4 is 5.32 Å². The first-order valence-electron chi connectivity index (χ1n) is 37.5. The molecule has 84 heavy (non-hydrogen) atoms. The lowest BCUT2D eigenvalue weighted by molar-refractivity contribution is -0.123. The van der Waals surface area contributed by atoms with E-state index in [-0.39, 0.29) is 12.5 Å². The highest BCUT2D eigenvalue weighted by atomic mass is 16.3. The molecule has 0 aromatic carbocycles. The Hall–Kier alpha value is -2.69. The number of amides is 1. The van der Waals surface area contributed by atoms with Crippen molar-refractivity contribution in [2.45, 2.75) is 398 Å². The van der Waals surface area contributed by atoms with E-state index in [4.69, 9.17) is 0 Å². The van der Waals surface area contributed by atoms with E-state index in [1.54, 1.807) is 6.08 Å². The fourth-order valence-electron chi connectivity index (χ4n) is 11.5. The van der Waals surface area contributed by atoms with Gasteiger partial charge in [0.15, 0.2) is 0 Å². The molecular weight excluding hydrogens is 1020 g/mol. The highest BCUT2D eigenvalue weighted by molar-refractivity contribution is 5.76. The molecule has 1 amide bonds. The number of unbranched alkanes of at least 4 members (excludes halogenated alkanes) is 48. The van der Waals surface area contributed by atoms with Gasteiger partial charge in [-0.2, -0.15) is 0 Å². The molecule has 0 aromatic heterocycles. The number of carbonyl (C=O) groups is 1. The molecule has 0 saturated carbocycles. The van der Waals surface area contributed by atoms with Crippen molar-refractivity contribution in [3.8, 4) is 0 Å². The average Bonchev–Trinajstić information content (AvgIpc) is 3.51. The van der Waals surface area contributed by atoms with Gasteiger partial charge < -0.3 is 15.5 Å². The molecule has 4 nitrogen and oxygen atoms in total. The lowest BCUT2D eigenvalue weighted by Crippen LogP contribution is -2.45. The van der Waals surface area contributed by atoms with E-state index in [2.05, 4.69) is 104 Å². The van der Waals surface area contributed by atoms with Crippen molar-refractivity contribution in [3.63, 3.8) is 0 Å². The first kappa shape index (κ1) is 81.3. The van der Waals surface area contributed by atoms with Crippen molar-refractivity contribution in [2.75, 3.05) is 6.61 Å². The van der Waals surface area contributed by atoms with Gasteiger partial charge in [0.05, 0.1) is 18.8 Å². The highest BCUT2D eigenvalue weighted by Crippen LogP contribution is 2.19.